The Morgan fingerprint density at radius 1 is 1.08 bits per heavy atom. The molecule has 1 heterocycles. The van der Waals surface area contributed by atoms with Crippen molar-refractivity contribution in [1.82, 2.24) is 10.1 Å². The molecule has 0 fully saturated rings. The summed E-state index contributed by atoms with van der Waals surface area (Å²) >= 11 is 0. The van der Waals surface area contributed by atoms with E-state index in [1.54, 1.807) is 37.3 Å². The third-order valence-electron chi connectivity index (χ3n) is 3.37. The Hall–Kier alpha value is -2.67. The van der Waals surface area contributed by atoms with Crippen LogP contribution in [0.1, 0.15) is 17.0 Å². The standard InChI is InChI=1S/C17H17N3O3S/c1-12-4-3-5-14(10-12)11-24(21,22)20-16-8-6-15(7-9-16)17-18-13(2)19-23-17/h3-10,20H,11H2,1-2H3. The van der Waals surface area contributed by atoms with Gasteiger partial charge in [-0.25, -0.2) is 8.42 Å². The summed E-state index contributed by atoms with van der Waals surface area (Å²) in [6.07, 6.45) is 0. The van der Waals surface area contributed by atoms with Crippen LogP contribution in [0, 0.1) is 13.8 Å². The fraction of sp³-hybridized carbons (Fsp3) is 0.176. The van der Waals surface area contributed by atoms with Gasteiger partial charge in [-0.3, -0.25) is 4.72 Å². The van der Waals surface area contributed by atoms with Gasteiger partial charge in [0.05, 0.1) is 5.75 Å². The van der Waals surface area contributed by atoms with Gasteiger partial charge in [0.1, 0.15) is 0 Å². The molecule has 1 N–H and O–H groups in total. The molecular formula is C17H17N3O3S. The van der Waals surface area contributed by atoms with Crippen LogP contribution in [0.3, 0.4) is 0 Å². The number of anilines is 1. The van der Waals surface area contributed by atoms with Crippen molar-refractivity contribution in [1.29, 1.82) is 0 Å². The van der Waals surface area contributed by atoms with Crippen LogP contribution in [-0.2, 0) is 15.8 Å². The molecular weight excluding hydrogens is 326 g/mol. The van der Waals surface area contributed by atoms with Crippen molar-refractivity contribution >= 4 is 15.7 Å². The number of hydrogen-bond acceptors (Lipinski definition) is 5. The molecule has 0 amide bonds. The van der Waals surface area contributed by atoms with Gasteiger partial charge in [0.2, 0.25) is 10.0 Å². The molecule has 0 saturated heterocycles. The van der Waals surface area contributed by atoms with Crippen LogP contribution in [0.15, 0.2) is 53.1 Å². The van der Waals surface area contributed by atoms with Crippen LogP contribution >= 0.6 is 0 Å². The summed E-state index contributed by atoms with van der Waals surface area (Å²) in [7, 11) is -3.48. The first-order valence-corrected chi connectivity index (χ1v) is 9.03. The maximum absolute atomic E-state index is 12.3. The van der Waals surface area contributed by atoms with Gasteiger partial charge >= 0.3 is 0 Å². The van der Waals surface area contributed by atoms with E-state index >= 15 is 0 Å². The number of nitrogens with one attached hydrogen (secondary N) is 1. The molecule has 6 nitrogen and oxygen atoms in total. The maximum Gasteiger partial charge on any atom is 0.257 e. The Balaban J connectivity index is 1.73. The van der Waals surface area contributed by atoms with Gasteiger partial charge in [0.15, 0.2) is 5.82 Å². The van der Waals surface area contributed by atoms with E-state index in [1.807, 2.05) is 25.1 Å². The maximum atomic E-state index is 12.3. The number of aromatic nitrogens is 2. The molecule has 2 aromatic carbocycles. The zero-order valence-electron chi connectivity index (χ0n) is 13.4. The molecule has 3 aromatic rings. The zero-order valence-corrected chi connectivity index (χ0v) is 14.2. The van der Waals surface area contributed by atoms with E-state index in [9.17, 15) is 8.42 Å². The smallest absolute Gasteiger partial charge is 0.257 e. The highest BCUT2D eigenvalue weighted by molar-refractivity contribution is 7.91. The number of sulfonamides is 1. The molecule has 24 heavy (non-hydrogen) atoms. The molecule has 7 heteroatoms. The van der Waals surface area contributed by atoms with E-state index in [4.69, 9.17) is 4.52 Å². The summed E-state index contributed by atoms with van der Waals surface area (Å²) in [5, 5.41) is 3.73. The second-order valence-corrected chi connectivity index (χ2v) is 7.30. The van der Waals surface area contributed by atoms with Gasteiger partial charge in [0.25, 0.3) is 5.89 Å². The van der Waals surface area contributed by atoms with Crippen LogP contribution in [0.5, 0.6) is 0 Å². The monoisotopic (exact) mass is 343 g/mol. The number of benzene rings is 2. The molecule has 0 atom stereocenters. The Bertz CT molecular complexity index is 947. The van der Waals surface area contributed by atoms with Gasteiger partial charge in [-0.2, -0.15) is 4.98 Å². The van der Waals surface area contributed by atoms with E-state index in [-0.39, 0.29) is 5.75 Å². The van der Waals surface area contributed by atoms with Crippen molar-refractivity contribution in [2.75, 3.05) is 4.72 Å². The van der Waals surface area contributed by atoms with Crippen molar-refractivity contribution in [2.24, 2.45) is 0 Å². The summed E-state index contributed by atoms with van der Waals surface area (Å²) in [6.45, 7) is 3.67. The number of nitrogens with zero attached hydrogens (tertiary/aromatic N) is 2. The lowest BCUT2D eigenvalue weighted by atomic mass is 10.2. The topological polar surface area (TPSA) is 85.1 Å². The second kappa shape index (κ2) is 6.45. The van der Waals surface area contributed by atoms with E-state index in [0.717, 1.165) is 16.7 Å². The summed E-state index contributed by atoms with van der Waals surface area (Å²) in [5.74, 6) is 0.883. The predicted molar refractivity (Wildman–Crippen MR) is 91.9 cm³/mol. The fourth-order valence-corrected chi connectivity index (χ4v) is 3.52. The lowest BCUT2D eigenvalue weighted by Crippen LogP contribution is -2.15. The van der Waals surface area contributed by atoms with Crippen molar-refractivity contribution < 1.29 is 12.9 Å². The van der Waals surface area contributed by atoms with Gasteiger partial charge < -0.3 is 4.52 Å². The van der Waals surface area contributed by atoms with Crippen LogP contribution in [0.4, 0.5) is 5.69 Å². The summed E-state index contributed by atoms with van der Waals surface area (Å²) in [5.41, 5.74) is 3.00. The van der Waals surface area contributed by atoms with Crippen LogP contribution in [0.2, 0.25) is 0 Å². The summed E-state index contributed by atoms with van der Waals surface area (Å²) < 4.78 is 32.2. The average molecular weight is 343 g/mol. The van der Waals surface area contributed by atoms with E-state index in [0.29, 0.717) is 17.4 Å². The van der Waals surface area contributed by atoms with Gasteiger partial charge in [-0.15, -0.1) is 0 Å². The highest BCUT2D eigenvalue weighted by Crippen LogP contribution is 2.21. The van der Waals surface area contributed by atoms with Gasteiger partial charge in [-0.1, -0.05) is 35.0 Å². The average Bonchev–Trinajstić information content (AvgIpc) is 2.93. The molecule has 0 aliphatic carbocycles. The van der Waals surface area contributed by atoms with Crippen molar-refractivity contribution in [2.45, 2.75) is 19.6 Å². The van der Waals surface area contributed by atoms with Crippen molar-refractivity contribution in [3.63, 3.8) is 0 Å². The first-order chi connectivity index (χ1) is 11.4. The number of aryl methyl sites for hydroxylation is 2. The minimum Gasteiger partial charge on any atom is -0.334 e. The van der Waals surface area contributed by atoms with Crippen LogP contribution in [0.25, 0.3) is 11.5 Å². The normalized spacial score (nSPS) is 11.4. The molecule has 0 radical (unpaired) electrons. The van der Waals surface area contributed by atoms with E-state index < -0.39 is 10.0 Å². The molecule has 3 rings (SSSR count). The predicted octanol–water partition coefficient (Wildman–Crippen LogP) is 3.30. The number of hydrogen-bond donors (Lipinski definition) is 1. The minimum atomic E-state index is -3.48. The van der Waals surface area contributed by atoms with Crippen LogP contribution in [-0.4, -0.2) is 18.6 Å². The van der Waals surface area contributed by atoms with Crippen molar-refractivity contribution in [3.8, 4) is 11.5 Å². The quantitative estimate of drug-likeness (QED) is 0.768. The lowest BCUT2D eigenvalue weighted by molar-refractivity contribution is 0.425. The highest BCUT2D eigenvalue weighted by atomic mass is 32.2. The first kappa shape index (κ1) is 16.2. The molecule has 1 aromatic heterocycles. The van der Waals surface area contributed by atoms with Crippen molar-refractivity contribution in [3.05, 3.63) is 65.5 Å². The first-order valence-electron chi connectivity index (χ1n) is 7.38. The molecule has 0 aliphatic heterocycles. The second-order valence-electron chi connectivity index (χ2n) is 5.57. The largest absolute Gasteiger partial charge is 0.334 e. The zero-order chi connectivity index (χ0) is 17.2. The van der Waals surface area contributed by atoms with Gasteiger partial charge in [-0.05, 0) is 43.7 Å². The third kappa shape index (κ3) is 3.99. The molecule has 0 bridgehead atoms. The van der Waals surface area contributed by atoms with E-state index in [1.165, 1.54) is 0 Å². The Morgan fingerprint density at radius 3 is 2.46 bits per heavy atom. The molecule has 0 saturated carbocycles. The summed E-state index contributed by atoms with van der Waals surface area (Å²) in [4.78, 5) is 4.13. The SMILES string of the molecule is Cc1cccc(CS(=O)(=O)Nc2ccc(-c3nc(C)no3)cc2)c1. The molecule has 0 aliphatic rings. The number of rotatable bonds is 5. The Morgan fingerprint density at radius 2 is 1.83 bits per heavy atom. The van der Waals surface area contributed by atoms with Crippen LogP contribution < -0.4 is 4.72 Å². The fourth-order valence-electron chi connectivity index (χ4n) is 2.33. The lowest BCUT2D eigenvalue weighted by Gasteiger charge is -2.09. The Labute approximate surface area is 140 Å². The Kier molecular flexibility index (Phi) is 4.35. The van der Waals surface area contributed by atoms with Gasteiger partial charge in [0, 0.05) is 11.3 Å². The summed E-state index contributed by atoms with van der Waals surface area (Å²) in [6, 6.07) is 14.2. The molecule has 0 spiro atoms. The highest BCUT2D eigenvalue weighted by Gasteiger charge is 2.13. The third-order valence-corrected chi connectivity index (χ3v) is 4.63. The minimum absolute atomic E-state index is 0.0702. The molecule has 0 unspecified atom stereocenters. The van der Waals surface area contributed by atoms with E-state index in [2.05, 4.69) is 14.9 Å². The molecule has 124 valence electrons.